The zero-order chi connectivity index (χ0) is 9.97. The maximum absolute atomic E-state index is 10.9. The van der Waals surface area contributed by atoms with Crippen molar-refractivity contribution in [2.75, 3.05) is 0 Å². The summed E-state index contributed by atoms with van der Waals surface area (Å²) in [6.45, 7) is 1.47. The van der Waals surface area contributed by atoms with Gasteiger partial charge in [-0.3, -0.25) is 4.79 Å². The number of furan rings is 1. The molecule has 2 rings (SSSR count). The minimum Gasteiger partial charge on any atom is -0.446 e. The topological polar surface area (TPSA) is 56.0 Å². The molecule has 0 amide bonds. The van der Waals surface area contributed by atoms with E-state index in [0.717, 1.165) is 4.34 Å². The largest absolute Gasteiger partial charge is 0.446 e. The number of ketones is 1. The number of hydrogen-bond acceptors (Lipinski definition) is 6. The summed E-state index contributed by atoms with van der Waals surface area (Å²) in [5.74, 6) is 0.297. The van der Waals surface area contributed by atoms with Crippen molar-refractivity contribution in [2.45, 2.75) is 16.4 Å². The molecule has 0 aromatic carbocycles. The normalized spacial score (nSPS) is 10.4. The van der Waals surface area contributed by atoms with Gasteiger partial charge in [-0.25, -0.2) is 4.98 Å². The highest BCUT2D eigenvalue weighted by Crippen LogP contribution is 2.29. The molecule has 14 heavy (non-hydrogen) atoms. The van der Waals surface area contributed by atoms with Crippen molar-refractivity contribution >= 4 is 29.1 Å². The van der Waals surface area contributed by atoms with Crippen LogP contribution in [0.2, 0.25) is 0 Å². The molecule has 6 heteroatoms. The van der Waals surface area contributed by atoms with Crippen LogP contribution in [-0.2, 0) is 0 Å². The van der Waals surface area contributed by atoms with Gasteiger partial charge in [0.2, 0.25) is 0 Å². The second kappa shape index (κ2) is 3.93. The first-order valence-corrected chi connectivity index (χ1v) is 5.40. The molecule has 0 bridgehead atoms. The van der Waals surface area contributed by atoms with E-state index >= 15 is 0 Å². The Bertz CT molecular complexity index is 436. The lowest BCUT2D eigenvalue weighted by Crippen LogP contribution is -1.85. The first kappa shape index (κ1) is 9.42. The molecule has 0 saturated carbocycles. The van der Waals surface area contributed by atoms with Crippen molar-refractivity contribution in [3.63, 3.8) is 0 Å². The molecular formula is C8H6N2O2S2. The Morgan fingerprint density at radius 2 is 2.43 bits per heavy atom. The van der Waals surface area contributed by atoms with Crippen LogP contribution in [0.3, 0.4) is 0 Å². The fourth-order valence-electron chi connectivity index (χ4n) is 0.858. The first-order valence-electron chi connectivity index (χ1n) is 3.81. The summed E-state index contributed by atoms with van der Waals surface area (Å²) in [6, 6.07) is 3.41. The number of Topliss-reactive ketones (excluding diaryl/α,β-unsaturated/α-hetero) is 1. The zero-order valence-corrected chi connectivity index (χ0v) is 8.89. The van der Waals surface area contributed by atoms with E-state index in [0.29, 0.717) is 10.9 Å². The van der Waals surface area contributed by atoms with Crippen LogP contribution in [0.25, 0.3) is 0 Å². The number of nitrogens with zero attached hydrogens (tertiary/aromatic N) is 2. The minimum absolute atomic E-state index is 0.0749. The molecule has 0 saturated heterocycles. The van der Waals surface area contributed by atoms with Crippen molar-refractivity contribution in [2.24, 2.45) is 0 Å². The van der Waals surface area contributed by atoms with Crippen LogP contribution in [0.5, 0.6) is 0 Å². The zero-order valence-electron chi connectivity index (χ0n) is 7.26. The quantitative estimate of drug-likeness (QED) is 0.752. The molecule has 72 valence electrons. The Balaban J connectivity index is 2.14. The average molecular weight is 226 g/mol. The van der Waals surface area contributed by atoms with Crippen LogP contribution in [0.4, 0.5) is 0 Å². The second-order valence-corrected chi connectivity index (χ2v) is 4.52. The lowest BCUT2D eigenvalue weighted by molar-refractivity contribution is 0.0982. The van der Waals surface area contributed by atoms with E-state index in [1.807, 2.05) is 0 Å². The van der Waals surface area contributed by atoms with E-state index < -0.39 is 0 Å². The molecule has 0 spiro atoms. The number of hydrogen-bond donors (Lipinski definition) is 0. The lowest BCUT2D eigenvalue weighted by atomic mass is 10.3. The van der Waals surface area contributed by atoms with Gasteiger partial charge in [0.1, 0.15) is 6.33 Å². The number of aromatic nitrogens is 2. The summed E-state index contributed by atoms with van der Waals surface area (Å²) in [4.78, 5) is 14.9. The van der Waals surface area contributed by atoms with Crippen molar-refractivity contribution in [3.05, 3.63) is 24.2 Å². The van der Waals surface area contributed by atoms with Gasteiger partial charge in [0.15, 0.2) is 21.0 Å². The molecule has 2 heterocycles. The van der Waals surface area contributed by atoms with E-state index in [-0.39, 0.29) is 5.78 Å². The minimum atomic E-state index is -0.0749. The Labute approximate surface area is 88.5 Å². The van der Waals surface area contributed by atoms with Gasteiger partial charge in [0, 0.05) is 6.92 Å². The molecule has 0 fully saturated rings. The number of carbonyl (C=O) groups excluding carboxylic acids is 1. The molecule has 0 aliphatic carbocycles. The van der Waals surface area contributed by atoms with Crippen LogP contribution >= 0.6 is 23.3 Å². The van der Waals surface area contributed by atoms with Gasteiger partial charge in [0.25, 0.3) is 0 Å². The van der Waals surface area contributed by atoms with Crippen molar-refractivity contribution < 1.29 is 9.21 Å². The van der Waals surface area contributed by atoms with Crippen molar-refractivity contribution in [1.29, 1.82) is 0 Å². The smallest absolute Gasteiger partial charge is 0.194 e. The standard InChI is InChI=1S/C8H6N2O2S2/c1-5(11)6-2-3-7(12-6)13-8-9-4-10-14-8/h2-4H,1H3. The number of carbonyl (C=O) groups is 1. The van der Waals surface area contributed by atoms with Gasteiger partial charge in [-0.2, -0.15) is 4.37 Å². The molecule has 4 nitrogen and oxygen atoms in total. The first-order chi connectivity index (χ1) is 6.75. The SMILES string of the molecule is CC(=O)c1ccc(Sc2ncns2)o1. The van der Waals surface area contributed by atoms with Gasteiger partial charge in [-0.15, -0.1) is 0 Å². The van der Waals surface area contributed by atoms with Gasteiger partial charge in [0.05, 0.1) is 0 Å². The molecule has 2 aromatic rings. The number of rotatable bonds is 3. The highest BCUT2D eigenvalue weighted by molar-refractivity contribution is 8.00. The van der Waals surface area contributed by atoms with Gasteiger partial charge < -0.3 is 4.42 Å². The molecular weight excluding hydrogens is 220 g/mol. The Morgan fingerprint density at radius 1 is 1.57 bits per heavy atom. The fraction of sp³-hybridized carbons (Fsp3) is 0.125. The summed E-state index contributed by atoms with van der Waals surface area (Å²) in [7, 11) is 0. The molecule has 2 aromatic heterocycles. The summed E-state index contributed by atoms with van der Waals surface area (Å²) in [6.07, 6.45) is 1.49. The second-order valence-electron chi connectivity index (χ2n) is 2.48. The Hall–Kier alpha value is -1.14. The molecule has 0 aliphatic heterocycles. The summed E-state index contributed by atoms with van der Waals surface area (Å²) < 4.78 is 9.93. The van der Waals surface area contributed by atoms with Crippen LogP contribution < -0.4 is 0 Å². The Kier molecular flexibility index (Phi) is 2.64. The summed E-state index contributed by atoms with van der Waals surface area (Å²) in [5.41, 5.74) is 0. The monoisotopic (exact) mass is 226 g/mol. The van der Waals surface area contributed by atoms with E-state index in [1.54, 1.807) is 12.1 Å². The molecule has 0 atom stereocenters. The lowest BCUT2D eigenvalue weighted by Gasteiger charge is -1.89. The third-order valence-electron chi connectivity index (χ3n) is 1.46. The van der Waals surface area contributed by atoms with E-state index in [1.165, 1.54) is 36.5 Å². The van der Waals surface area contributed by atoms with Crippen LogP contribution in [-0.4, -0.2) is 15.1 Å². The third kappa shape index (κ3) is 2.02. The summed E-state index contributed by atoms with van der Waals surface area (Å²) in [5, 5.41) is 0.659. The van der Waals surface area contributed by atoms with E-state index in [4.69, 9.17) is 4.42 Å². The van der Waals surface area contributed by atoms with E-state index in [9.17, 15) is 4.79 Å². The van der Waals surface area contributed by atoms with Crippen LogP contribution in [0, 0.1) is 0 Å². The molecule has 0 aliphatic rings. The van der Waals surface area contributed by atoms with Crippen molar-refractivity contribution in [3.8, 4) is 0 Å². The molecule has 0 unspecified atom stereocenters. The predicted octanol–water partition coefficient (Wildman–Crippen LogP) is 2.48. The predicted molar refractivity (Wildman–Crippen MR) is 52.7 cm³/mol. The van der Waals surface area contributed by atoms with Gasteiger partial charge in [-0.05, 0) is 35.4 Å². The van der Waals surface area contributed by atoms with Gasteiger partial charge >= 0.3 is 0 Å². The van der Waals surface area contributed by atoms with Crippen LogP contribution in [0.15, 0.2) is 32.3 Å². The molecule has 0 radical (unpaired) electrons. The highest BCUT2D eigenvalue weighted by atomic mass is 32.2. The van der Waals surface area contributed by atoms with Gasteiger partial charge in [-0.1, -0.05) is 0 Å². The molecule has 0 N–H and O–H groups in total. The fourth-order valence-corrected chi connectivity index (χ4v) is 2.20. The Morgan fingerprint density at radius 3 is 3.00 bits per heavy atom. The third-order valence-corrected chi connectivity index (χ3v) is 3.09. The van der Waals surface area contributed by atoms with E-state index in [2.05, 4.69) is 9.36 Å². The van der Waals surface area contributed by atoms with Crippen LogP contribution in [0.1, 0.15) is 17.5 Å². The maximum atomic E-state index is 10.9. The average Bonchev–Trinajstić information content (AvgIpc) is 2.75. The summed E-state index contributed by atoms with van der Waals surface area (Å²) >= 11 is 2.65. The highest BCUT2D eigenvalue weighted by Gasteiger charge is 2.08. The van der Waals surface area contributed by atoms with Crippen molar-refractivity contribution in [1.82, 2.24) is 9.36 Å². The maximum Gasteiger partial charge on any atom is 0.194 e.